The van der Waals surface area contributed by atoms with Crippen LogP contribution in [0.25, 0.3) is 0 Å². The van der Waals surface area contributed by atoms with Crippen LogP contribution in [0.3, 0.4) is 0 Å². The molecule has 0 fully saturated rings. The van der Waals surface area contributed by atoms with Crippen molar-refractivity contribution in [2.45, 2.75) is 18.8 Å². The Hall–Kier alpha value is -2.58. The minimum absolute atomic E-state index is 0.0467. The van der Waals surface area contributed by atoms with Gasteiger partial charge in [-0.15, -0.1) is 0 Å². The average Bonchev–Trinajstić information content (AvgIpc) is 2.46. The third-order valence-corrected chi connectivity index (χ3v) is 3.06. The predicted octanol–water partition coefficient (Wildman–Crippen LogP) is 4.30. The van der Waals surface area contributed by atoms with E-state index >= 15 is 0 Å². The smallest absolute Gasteiger partial charge is 0.326 e. The van der Waals surface area contributed by atoms with E-state index in [9.17, 15) is 31.1 Å². The molecule has 1 heterocycles. The molecule has 128 valence electrons. The fraction of sp³-hybridized carbons (Fsp3) is 0.200. The van der Waals surface area contributed by atoms with Crippen molar-refractivity contribution in [2.75, 3.05) is 5.32 Å². The molecule has 1 aromatic carbocycles. The van der Waals surface area contributed by atoms with Crippen molar-refractivity contribution in [1.29, 1.82) is 0 Å². The van der Waals surface area contributed by atoms with Crippen LogP contribution in [0.2, 0.25) is 0 Å². The molecule has 0 aliphatic rings. The van der Waals surface area contributed by atoms with Gasteiger partial charge in [-0.1, -0.05) is 0 Å². The van der Waals surface area contributed by atoms with E-state index in [2.05, 4.69) is 10.3 Å². The fourth-order valence-corrected chi connectivity index (χ4v) is 1.97. The highest BCUT2D eigenvalue weighted by atomic mass is 19.4. The molecule has 2 aromatic rings. The van der Waals surface area contributed by atoms with Crippen molar-refractivity contribution in [3.63, 3.8) is 0 Å². The highest BCUT2D eigenvalue weighted by Gasteiger charge is 2.33. The quantitative estimate of drug-likeness (QED) is 0.841. The van der Waals surface area contributed by atoms with Gasteiger partial charge in [-0.05, 0) is 35.9 Å². The molecular weight excluding hydrogens is 338 g/mol. The summed E-state index contributed by atoms with van der Waals surface area (Å²) in [6.45, 7) is 0. The minimum Gasteiger partial charge on any atom is -0.326 e. The van der Waals surface area contributed by atoms with Gasteiger partial charge in [-0.25, -0.2) is 0 Å². The second-order valence-corrected chi connectivity index (χ2v) is 4.83. The summed E-state index contributed by atoms with van der Waals surface area (Å²) in [5.74, 6) is -0.798. The third-order valence-electron chi connectivity index (χ3n) is 3.06. The van der Waals surface area contributed by atoms with Crippen molar-refractivity contribution in [2.24, 2.45) is 0 Å². The number of hydrogen-bond donors (Lipinski definition) is 1. The Bertz CT molecular complexity index is 722. The number of hydrogen-bond acceptors (Lipinski definition) is 2. The van der Waals surface area contributed by atoms with Crippen LogP contribution in [-0.4, -0.2) is 10.9 Å². The van der Waals surface area contributed by atoms with Crippen molar-refractivity contribution >= 4 is 11.6 Å². The van der Waals surface area contributed by atoms with E-state index in [0.29, 0.717) is 0 Å². The van der Waals surface area contributed by atoms with Gasteiger partial charge in [-0.3, -0.25) is 9.78 Å². The summed E-state index contributed by atoms with van der Waals surface area (Å²) in [6.07, 6.45) is -7.87. The average molecular weight is 348 g/mol. The number of aromatic nitrogens is 1. The van der Waals surface area contributed by atoms with Gasteiger partial charge in [0, 0.05) is 18.1 Å². The molecule has 0 radical (unpaired) electrons. The second-order valence-electron chi connectivity index (χ2n) is 4.83. The van der Waals surface area contributed by atoms with Gasteiger partial charge in [-0.2, -0.15) is 26.3 Å². The van der Waals surface area contributed by atoms with E-state index < -0.39 is 35.8 Å². The first-order valence-corrected chi connectivity index (χ1v) is 6.54. The molecule has 2 rings (SSSR count). The molecule has 0 aliphatic heterocycles. The largest absolute Gasteiger partial charge is 0.416 e. The zero-order chi connectivity index (χ0) is 18.0. The van der Waals surface area contributed by atoms with Crippen molar-refractivity contribution < 1.29 is 31.1 Å². The molecule has 3 nitrogen and oxygen atoms in total. The third kappa shape index (κ3) is 4.46. The molecule has 1 N–H and O–H groups in total. The maximum absolute atomic E-state index is 12.8. The van der Waals surface area contributed by atoms with Gasteiger partial charge in [0.2, 0.25) is 5.91 Å². The van der Waals surface area contributed by atoms with Gasteiger partial charge in [0.25, 0.3) is 0 Å². The van der Waals surface area contributed by atoms with Crippen LogP contribution in [0.5, 0.6) is 0 Å². The number of nitrogens with zero attached hydrogens (tertiary/aromatic N) is 1. The number of carbonyl (C=O) groups is 1. The number of rotatable bonds is 3. The van der Waals surface area contributed by atoms with Gasteiger partial charge in [0.15, 0.2) is 0 Å². The van der Waals surface area contributed by atoms with E-state index in [-0.39, 0.29) is 11.3 Å². The molecule has 9 heteroatoms. The van der Waals surface area contributed by atoms with Crippen molar-refractivity contribution in [3.8, 4) is 0 Å². The Labute approximate surface area is 132 Å². The zero-order valence-electron chi connectivity index (χ0n) is 11.9. The summed E-state index contributed by atoms with van der Waals surface area (Å²) in [5, 5.41) is 2.25. The summed E-state index contributed by atoms with van der Waals surface area (Å²) in [5.41, 5.74) is -2.16. The van der Waals surface area contributed by atoms with E-state index in [1.807, 2.05) is 0 Å². The van der Waals surface area contributed by atoms with E-state index in [1.54, 1.807) is 0 Å². The summed E-state index contributed by atoms with van der Waals surface area (Å²) >= 11 is 0. The number of anilines is 1. The first-order chi connectivity index (χ1) is 11.1. The molecule has 0 atom stereocenters. The number of carbonyl (C=O) groups excluding carboxylic acids is 1. The van der Waals surface area contributed by atoms with E-state index in [4.69, 9.17) is 0 Å². The molecule has 1 aromatic heterocycles. The van der Waals surface area contributed by atoms with Crippen LogP contribution in [0, 0.1) is 0 Å². The normalized spacial score (nSPS) is 12.1. The monoisotopic (exact) mass is 348 g/mol. The van der Waals surface area contributed by atoms with Crippen LogP contribution in [0.4, 0.5) is 32.0 Å². The first-order valence-electron chi connectivity index (χ1n) is 6.54. The SMILES string of the molecule is O=C(Cc1cnccc1C(F)(F)F)Nc1ccc(C(F)(F)F)cc1. The van der Waals surface area contributed by atoms with Crippen LogP contribution in [0.1, 0.15) is 16.7 Å². The van der Waals surface area contributed by atoms with Gasteiger partial charge in [0.05, 0.1) is 17.5 Å². The lowest BCUT2D eigenvalue weighted by atomic mass is 10.1. The van der Waals surface area contributed by atoms with Crippen LogP contribution in [0.15, 0.2) is 42.7 Å². The summed E-state index contributed by atoms with van der Waals surface area (Å²) < 4.78 is 75.7. The lowest BCUT2D eigenvalue weighted by Crippen LogP contribution is -2.18. The molecule has 0 saturated carbocycles. The Morgan fingerprint density at radius 3 is 2.12 bits per heavy atom. The summed E-state index contributed by atoms with van der Waals surface area (Å²) in [7, 11) is 0. The number of halogens is 6. The second kappa shape index (κ2) is 6.50. The van der Waals surface area contributed by atoms with Gasteiger partial charge >= 0.3 is 12.4 Å². The standard InChI is InChI=1S/C15H10F6N2O/c16-14(17,18)10-1-3-11(4-2-10)23-13(24)7-9-8-22-6-5-12(9)15(19,20)21/h1-6,8H,7H2,(H,23,24). The molecule has 0 unspecified atom stereocenters. The Kier molecular flexibility index (Phi) is 4.81. The molecule has 24 heavy (non-hydrogen) atoms. The number of benzene rings is 1. The zero-order valence-corrected chi connectivity index (χ0v) is 11.9. The van der Waals surface area contributed by atoms with Gasteiger partial charge < -0.3 is 5.32 Å². The number of alkyl halides is 6. The van der Waals surface area contributed by atoms with Crippen LogP contribution >= 0.6 is 0 Å². The van der Waals surface area contributed by atoms with Crippen molar-refractivity contribution in [1.82, 2.24) is 4.98 Å². The van der Waals surface area contributed by atoms with Gasteiger partial charge in [0.1, 0.15) is 0 Å². The minimum atomic E-state index is -4.63. The van der Waals surface area contributed by atoms with Crippen LogP contribution in [-0.2, 0) is 23.6 Å². The van der Waals surface area contributed by atoms with E-state index in [1.165, 1.54) is 0 Å². The molecule has 0 aliphatic carbocycles. The van der Waals surface area contributed by atoms with E-state index in [0.717, 1.165) is 42.7 Å². The molecule has 0 bridgehead atoms. The Morgan fingerprint density at radius 1 is 0.958 bits per heavy atom. The molecule has 0 saturated heterocycles. The lowest BCUT2D eigenvalue weighted by molar-refractivity contribution is -0.138. The maximum atomic E-state index is 12.8. The highest BCUT2D eigenvalue weighted by molar-refractivity contribution is 5.92. The fourth-order valence-electron chi connectivity index (χ4n) is 1.97. The summed E-state index contributed by atoms with van der Waals surface area (Å²) in [4.78, 5) is 15.4. The predicted molar refractivity (Wildman–Crippen MR) is 73.0 cm³/mol. The molecule has 1 amide bonds. The Morgan fingerprint density at radius 2 is 1.58 bits per heavy atom. The molecule has 0 spiro atoms. The topological polar surface area (TPSA) is 42.0 Å². The number of nitrogens with one attached hydrogen (secondary N) is 1. The lowest BCUT2D eigenvalue weighted by Gasteiger charge is -2.12. The number of pyridine rings is 1. The van der Waals surface area contributed by atoms with Crippen LogP contribution < -0.4 is 5.32 Å². The number of amides is 1. The van der Waals surface area contributed by atoms with Crippen molar-refractivity contribution in [3.05, 3.63) is 59.4 Å². The first kappa shape index (κ1) is 17.8. The Balaban J connectivity index is 2.10. The molecular formula is C15H10F6N2O. The summed E-state index contributed by atoms with van der Waals surface area (Å²) in [6, 6.07) is 4.33. The maximum Gasteiger partial charge on any atom is 0.416 e. The highest BCUT2D eigenvalue weighted by Crippen LogP contribution is 2.32.